The molecule has 0 atom stereocenters. The first-order chi connectivity index (χ1) is 14.5. The van der Waals surface area contributed by atoms with Crippen molar-refractivity contribution < 1.29 is 0 Å². The fourth-order valence-corrected chi connectivity index (χ4v) is 4.65. The van der Waals surface area contributed by atoms with Gasteiger partial charge in [0.2, 0.25) is 0 Å². The summed E-state index contributed by atoms with van der Waals surface area (Å²) in [4.78, 5) is 20.1. The monoisotopic (exact) mass is 416 g/mol. The minimum absolute atomic E-state index is 0.126. The van der Waals surface area contributed by atoms with Crippen LogP contribution in [0.2, 0.25) is 0 Å². The van der Waals surface area contributed by atoms with Gasteiger partial charge in [0.05, 0.1) is 17.1 Å². The van der Waals surface area contributed by atoms with Crippen molar-refractivity contribution in [1.29, 1.82) is 0 Å². The van der Waals surface area contributed by atoms with E-state index in [4.69, 9.17) is 4.99 Å². The number of thiazole rings is 1. The summed E-state index contributed by atoms with van der Waals surface area (Å²) in [6, 6.07) is 19.9. The molecule has 2 aromatic heterocycles. The molecule has 0 aliphatic carbocycles. The third kappa shape index (κ3) is 3.39. The second-order valence-corrected chi connectivity index (χ2v) is 8.26. The van der Waals surface area contributed by atoms with Crippen LogP contribution in [0.4, 0.5) is 5.69 Å². The van der Waals surface area contributed by atoms with E-state index in [1.54, 1.807) is 16.0 Å². The molecule has 0 fully saturated rings. The molecule has 0 aliphatic heterocycles. The fraction of sp³-hybridized carbons (Fsp3) is 0.167. The van der Waals surface area contributed by atoms with Gasteiger partial charge in [-0.05, 0) is 31.5 Å². The van der Waals surface area contributed by atoms with Gasteiger partial charge in [0, 0.05) is 18.5 Å². The van der Waals surface area contributed by atoms with E-state index in [0.717, 1.165) is 32.3 Å². The van der Waals surface area contributed by atoms with Gasteiger partial charge in [0.25, 0.3) is 5.56 Å². The van der Waals surface area contributed by atoms with Crippen molar-refractivity contribution in [2.45, 2.75) is 20.4 Å². The number of allylic oxidation sites excluding steroid dienone is 1. The van der Waals surface area contributed by atoms with Crippen LogP contribution in [-0.2, 0) is 13.6 Å². The van der Waals surface area contributed by atoms with Gasteiger partial charge >= 0.3 is 0 Å². The standard InChI is InChI=1S/C24H24N4OS/c1-5-16-27-22(19-12-8-6-9-13-19)18(3)30-24(27)25-21-17(2)26(4)28(23(21)29)20-14-10-7-11-15-20/h5-15H,1,16H2,2-4H3. The number of nitrogens with zero attached hydrogens (tertiary/aromatic N) is 4. The number of hydrogen-bond donors (Lipinski definition) is 0. The summed E-state index contributed by atoms with van der Waals surface area (Å²) in [5.41, 5.74) is 4.21. The molecule has 2 aromatic carbocycles. The van der Waals surface area contributed by atoms with Crippen molar-refractivity contribution in [1.82, 2.24) is 13.9 Å². The Kier molecular flexibility index (Phi) is 5.42. The quantitative estimate of drug-likeness (QED) is 0.433. The molecule has 4 aromatic rings. The lowest BCUT2D eigenvalue weighted by molar-refractivity contribution is 0.630. The number of benzene rings is 2. The van der Waals surface area contributed by atoms with Gasteiger partial charge in [-0.1, -0.05) is 54.6 Å². The van der Waals surface area contributed by atoms with Crippen LogP contribution < -0.4 is 10.4 Å². The molecular weight excluding hydrogens is 392 g/mol. The van der Waals surface area contributed by atoms with E-state index in [-0.39, 0.29) is 5.56 Å². The van der Waals surface area contributed by atoms with Crippen molar-refractivity contribution in [3.8, 4) is 16.9 Å². The Labute approximate surface area is 179 Å². The third-order valence-corrected chi connectivity index (χ3v) is 6.16. The second kappa shape index (κ2) is 8.16. The van der Waals surface area contributed by atoms with E-state index < -0.39 is 0 Å². The number of para-hydroxylation sites is 1. The van der Waals surface area contributed by atoms with Crippen LogP contribution in [0.15, 0.2) is 83.1 Å². The number of hydrogen-bond acceptors (Lipinski definition) is 3. The van der Waals surface area contributed by atoms with Crippen molar-refractivity contribution >= 4 is 17.0 Å². The largest absolute Gasteiger partial charge is 0.312 e. The predicted molar refractivity (Wildman–Crippen MR) is 124 cm³/mol. The van der Waals surface area contributed by atoms with E-state index in [9.17, 15) is 4.79 Å². The van der Waals surface area contributed by atoms with Crippen LogP contribution in [-0.4, -0.2) is 13.9 Å². The van der Waals surface area contributed by atoms with Gasteiger partial charge in [-0.3, -0.25) is 9.48 Å². The Morgan fingerprint density at radius 1 is 1.03 bits per heavy atom. The summed E-state index contributed by atoms with van der Waals surface area (Å²) in [6.45, 7) is 8.55. The Balaban J connectivity index is 1.96. The molecule has 5 nitrogen and oxygen atoms in total. The number of aryl methyl sites for hydroxylation is 1. The smallest absolute Gasteiger partial charge is 0.297 e. The normalized spacial score (nSPS) is 11.8. The average Bonchev–Trinajstić information content (AvgIpc) is 3.18. The first-order valence-corrected chi connectivity index (χ1v) is 10.6. The van der Waals surface area contributed by atoms with Crippen molar-refractivity contribution in [3.05, 3.63) is 99.0 Å². The van der Waals surface area contributed by atoms with Gasteiger partial charge < -0.3 is 4.57 Å². The lowest BCUT2D eigenvalue weighted by Gasteiger charge is -2.07. The molecule has 0 saturated carbocycles. The minimum atomic E-state index is -0.126. The summed E-state index contributed by atoms with van der Waals surface area (Å²) in [5, 5.41) is 0. The molecule has 6 heteroatoms. The van der Waals surface area contributed by atoms with E-state index in [0.29, 0.717) is 12.2 Å². The number of aromatic nitrogens is 3. The van der Waals surface area contributed by atoms with Crippen molar-refractivity contribution in [3.63, 3.8) is 0 Å². The van der Waals surface area contributed by atoms with Crippen LogP contribution in [0, 0.1) is 13.8 Å². The molecule has 0 spiro atoms. The summed E-state index contributed by atoms with van der Waals surface area (Å²) < 4.78 is 5.64. The van der Waals surface area contributed by atoms with Crippen molar-refractivity contribution in [2.24, 2.45) is 12.0 Å². The van der Waals surface area contributed by atoms with E-state index in [1.807, 2.05) is 73.3 Å². The molecule has 0 saturated heterocycles. The SMILES string of the molecule is C=CCn1c(-c2ccccc2)c(C)sc1=Nc1c(C)n(C)n(-c2ccccc2)c1=O. The zero-order valence-corrected chi connectivity index (χ0v) is 18.2. The molecular formula is C24H24N4OS. The highest BCUT2D eigenvalue weighted by atomic mass is 32.1. The zero-order chi connectivity index (χ0) is 21.3. The van der Waals surface area contributed by atoms with Crippen LogP contribution in [0.3, 0.4) is 0 Å². The molecule has 0 N–H and O–H groups in total. The van der Waals surface area contributed by atoms with Gasteiger partial charge in [0.1, 0.15) is 0 Å². The predicted octanol–water partition coefficient (Wildman–Crippen LogP) is 4.74. The lowest BCUT2D eigenvalue weighted by Crippen LogP contribution is -2.20. The van der Waals surface area contributed by atoms with E-state index in [2.05, 4.69) is 30.2 Å². The lowest BCUT2D eigenvalue weighted by atomic mass is 10.1. The Bertz CT molecular complexity index is 1320. The highest BCUT2D eigenvalue weighted by molar-refractivity contribution is 7.09. The van der Waals surface area contributed by atoms with Crippen LogP contribution >= 0.6 is 11.3 Å². The maximum Gasteiger partial charge on any atom is 0.297 e. The Hall–Kier alpha value is -3.38. The first kappa shape index (κ1) is 19.9. The van der Waals surface area contributed by atoms with Gasteiger partial charge in [-0.2, -0.15) is 0 Å². The fourth-order valence-electron chi connectivity index (χ4n) is 3.64. The maximum atomic E-state index is 13.3. The summed E-state index contributed by atoms with van der Waals surface area (Å²) in [7, 11) is 1.88. The van der Waals surface area contributed by atoms with Crippen LogP contribution in [0.25, 0.3) is 16.9 Å². The molecule has 4 rings (SSSR count). The molecule has 30 heavy (non-hydrogen) atoms. The zero-order valence-electron chi connectivity index (χ0n) is 17.4. The summed E-state index contributed by atoms with van der Waals surface area (Å²) in [5.74, 6) is 0. The van der Waals surface area contributed by atoms with Gasteiger partial charge in [-0.25, -0.2) is 9.67 Å². The summed E-state index contributed by atoms with van der Waals surface area (Å²) in [6.07, 6.45) is 1.86. The Morgan fingerprint density at radius 3 is 2.30 bits per heavy atom. The Morgan fingerprint density at radius 2 is 1.67 bits per heavy atom. The molecule has 0 unspecified atom stereocenters. The molecule has 0 amide bonds. The highest BCUT2D eigenvalue weighted by Gasteiger charge is 2.17. The third-order valence-electron chi connectivity index (χ3n) is 5.17. The summed E-state index contributed by atoms with van der Waals surface area (Å²) >= 11 is 1.59. The topological polar surface area (TPSA) is 44.2 Å². The highest BCUT2D eigenvalue weighted by Crippen LogP contribution is 2.26. The molecule has 0 radical (unpaired) electrons. The molecule has 2 heterocycles. The number of rotatable bonds is 5. The van der Waals surface area contributed by atoms with E-state index in [1.165, 1.54) is 0 Å². The molecule has 0 bridgehead atoms. The van der Waals surface area contributed by atoms with Gasteiger partial charge in [-0.15, -0.1) is 17.9 Å². The van der Waals surface area contributed by atoms with E-state index >= 15 is 0 Å². The van der Waals surface area contributed by atoms with Crippen molar-refractivity contribution in [2.75, 3.05) is 0 Å². The molecule has 0 aliphatic rings. The van der Waals surface area contributed by atoms with Gasteiger partial charge in [0.15, 0.2) is 10.5 Å². The second-order valence-electron chi connectivity index (χ2n) is 7.08. The average molecular weight is 417 g/mol. The maximum absolute atomic E-state index is 13.3. The first-order valence-electron chi connectivity index (χ1n) is 9.78. The van der Waals surface area contributed by atoms with Crippen LogP contribution in [0.5, 0.6) is 0 Å². The minimum Gasteiger partial charge on any atom is -0.312 e. The van der Waals surface area contributed by atoms with Crippen LogP contribution in [0.1, 0.15) is 10.6 Å². The molecule has 152 valence electrons.